The molecule has 2 rings (SSSR count). The van der Waals surface area contributed by atoms with Crippen LogP contribution in [-0.2, 0) is 35.2 Å². The van der Waals surface area contributed by atoms with Gasteiger partial charge < -0.3 is 5.32 Å². The molecule has 0 radical (unpaired) electrons. The second kappa shape index (κ2) is 8.68. The second-order valence-corrected chi connectivity index (χ2v) is 6.15. The van der Waals surface area contributed by atoms with Crippen molar-refractivity contribution in [2.45, 2.75) is 32.5 Å². The number of anilines is 1. The quantitative estimate of drug-likeness (QED) is 0.336. The van der Waals surface area contributed by atoms with Crippen molar-refractivity contribution in [2.75, 3.05) is 5.32 Å². The Balaban J connectivity index is 2.09. The third kappa shape index (κ3) is 6.10. The van der Waals surface area contributed by atoms with Crippen LogP contribution in [0.1, 0.15) is 29.2 Å². The van der Waals surface area contributed by atoms with Crippen LogP contribution in [0.2, 0.25) is 0 Å². The van der Waals surface area contributed by atoms with Crippen LogP contribution >= 0.6 is 0 Å². The summed E-state index contributed by atoms with van der Waals surface area (Å²) < 4.78 is 39.7. The van der Waals surface area contributed by atoms with Gasteiger partial charge in [-0.15, -0.1) is 0 Å². The normalized spacial score (nSPS) is 11.1. The monoisotopic (exact) mass is 379 g/mol. The largest absolute Gasteiger partial charge is 0.418 e. The molecule has 3 N–H and O–H groups in total. The number of rotatable bonds is 7. The predicted molar refractivity (Wildman–Crippen MR) is 95.4 cm³/mol. The van der Waals surface area contributed by atoms with Gasteiger partial charge in [0.15, 0.2) is 0 Å². The van der Waals surface area contributed by atoms with Gasteiger partial charge >= 0.3 is 6.18 Å². The predicted octanol–water partition coefficient (Wildman–Crippen LogP) is 3.28. The molecule has 0 spiro atoms. The van der Waals surface area contributed by atoms with E-state index in [2.05, 4.69) is 5.32 Å². The fourth-order valence-corrected chi connectivity index (χ4v) is 2.63. The molecule has 27 heavy (non-hydrogen) atoms. The molecule has 0 aromatic heterocycles. The Morgan fingerprint density at radius 1 is 1.07 bits per heavy atom. The van der Waals surface area contributed by atoms with Crippen LogP contribution in [-0.4, -0.2) is 17.3 Å². The van der Waals surface area contributed by atoms with Crippen LogP contribution in [0.4, 0.5) is 18.9 Å². The maximum absolute atomic E-state index is 13.2. The minimum atomic E-state index is -4.55. The van der Waals surface area contributed by atoms with Crippen molar-refractivity contribution >= 4 is 18.0 Å². The average Bonchev–Trinajstić information content (AvgIpc) is 2.60. The van der Waals surface area contributed by atoms with E-state index in [1.807, 2.05) is 24.3 Å². The van der Waals surface area contributed by atoms with Crippen molar-refractivity contribution in [2.24, 2.45) is 5.84 Å². The molecule has 2 aromatic rings. The number of hydrazine groups is 1. The number of nitrogens with one attached hydrogen (secondary N) is 1. The molecule has 5 nitrogen and oxygen atoms in total. The summed E-state index contributed by atoms with van der Waals surface area (Å²) >= 11 is 0. The zero-order chi connectivity index (χ0) is 20.0. The first-order chi connectivity index (χ1) is 12.7. The van der Waals surface area contributed by atoms with Crippen LogP contribution < -0.4 is 11.2 Å². The highest BCUT2D eigenvalue weighted by molar-refractivity contribution is 5.89. The summed E-state index contributed by atoms with van der Waals surface area (Å²) in [6.45, 7) is 1.44. The minimum Gasteiger partial charge on any atom is -0.326 e. The van der Waals surface area contributed by atoms with Crippen LogP contribution in [0.5, 0.6) is 0 Å². The lowest BCUT2D eigenvalue weighted by atomic mass is 10.0. The van der Waals surface area contributed by atoms with Crippen molar-refractivity contribution in [3.63, 3.8) is 0 Å². The molecule has 0 saturated heterocycles. The highest BCUT2D eigenvalue weighted by atomic mass is 19.4. The number of benzene rings is 2. The number of carbonyl (C=O) groups is 2. The molecule has 0 aliphatic rings. The van der Waals surface area contributed by atoms with E-state index in [1.54, 1.807) is 6.07 Å². The Labute approximate surface area is 154 Å². The number of halogens is 3. The van der Waals surface area contributed by atoms with E-state index in [9.17, 15) is 22.8 Å². The summed E-state index contributed by atoms with van der Waals surface area (Å²) in [6, 6.07) is 11.3. The van der Waals surface area contributed by atoms with Gasteiger partial charge in [-0.25, -0.2) is 5.84 Å². The van der Waals surface area contributed by atoms with E-state index >= 15 is 0 Å². The van der Waals surface area contributed by atoms with Crippen molar-refractivity contribution < 1.29 is 22.8 Å². The fourth-order valence-electron chi connectivity index (χ4n) is 2.63. The van der Waals surface area contributed by atoms with Crippen LogP contribution in [0.15, 0.2) is 42.5 Å². The lowest BCUT2D eigenvalue weighted by Gasteiger charge is -2.15. The zero-order valence-corrected chi connectivity index (χ0v) is 14.7. The van der Waals surface area contributed by atoms with Crippen molar-refractivity contribution in [3.05, 3.63) is 64.7 Å². The molecule has 0 atom stereocenters. The van der Waals surface area contributed by atoms with Gasteiger partial charge in [-0.05, 0) is 41.7 Å². The molecule has 8 heteroatoms. The van der Waals surface area contributed by atoms with E-state index in [-0.39, 0.29) is 12.2 Å². The third-order valence-electron chi connectivity index (χ3n) is 3.93. The van der Waals surface area contributed by atoms with E-state index in [4.69, 9.17) is 5.84 Å². The number of alkyl halides is 3. The van der Waals surface area contributed by atoms with Gasteiger partial charge in [-0.3, -0.25) is 14.6 Å². The Hall–Kier alpha value is -2.87. The number of nitrogens with zero attached hydrogens (tertiary/aromatic N) is 1. The lowest BCUT2D eigenvalue weighted by Crippen LogP contribution is -2.28. The molecular formula is C19H20F3N3O2. The summed E-state index contributed by atoms with van der Waals surface area (Å²) in [5, 5.41) is 3.23. The van der Waals surface area contributed by atoms with E-state index in [0.717, 1.165) is 29.1 Å². The minimum absolute atomic E-state index is 0.246. The molecule has 2 aromatic carbocycles. The molecule has 0 bridgehead atoms. The first-order valence-corrected chi connectivity index (χ1v) is 8.21. The molecule has 0 unspecified atom stereocenters. The standard InChI is InChI=1S/C19H20F3N3O2/c1-13(27)24-18-9-8-15(10-17(18)19(20,21)22)5-2-14-3-6-16(7-4-14)11-25(23)12-26/h3-4,6-10,12H,2,5,11,23H2,1H3,(H,24,27). The maximum Gasteiger partial charge on any atom is 0.418 e. The maximum atomic E-state index is 13.2. The van der Waals surface area contributed by atoms with Crippen molar-refractivity contribution in [1.82, 2.24) is 5.01 Å². The summed E-state index contributed by atoms with van der Waals surface area (Å²) in [4.78, 5) is 21.6. The number of aryl methyl sites for hydroxylation is 2. The summed E-state index contributed by atoms with van der Waals surface area (Å²) in [5.41, 5.74) is 1.22. The molecule has 0 fully saturated rings. The van der Waals surface area contributed by atoms with Crippen LogP contribution in [0.3, 0.4) is 0 Å². The van der Waals surface area contributed by atoms with Gasteiger partial charge in [-0.1, -0.05) is 30.3 Å². The van der Waals surface area contributed by atoms with Gasteiger partial charge in [0.05, 0.1) is 17.8 Å². The van der Waals surface area contributed by atoms with Crippen molar-refractivity contribution in [3.8, 4) is 0 Å². The highest BCUT2D eigenvalue weighted by Gasteiger charge is 2.34. The van der Waals surface area contributed by atoms with Gasteiger partial charge in [0.2, 0.25) is 12.3 Å². The Morgan fingerprint density at radius 2 is 1.63 bits per heavy atom. The fraction of sp³-hybridized carbons (Fsp3) is 0.263. The number of nitrogens with two attached hydrogens (primary N) is 1. The Morgan fingerprint density at radius 3 is 2.19 bits per heavy atom. The molecule has 0 saturated carbocycles. The SMILES string of the molecule is CC(=O)Nc1ccc(CCc2ccc(CN(N)C=O)cc2)cc1C(F)(F)F. The Bertz CT molecular complexity index is 805. The first-order valence-electron chi connectivity index (χ1n) is 8.21. The second-order valence-electron chi connectivity index (χ2n) is 6.15. The average molecular weight is 379 g/mol. The lowest BCUT2D eigenvalue weighted by molar-refractivity contribution is -0.137. The van der Waals surface area contributed by atoms with Crippen molar-refractivity contribution in [1.29, 1.82) is 0 Å². The van der Waals surface area contributed by atoms with Gasteiger partial charge in [-0.2, -0.15) is 13.2 Å². The Kier molecular flexibility index (Phi) is 6.57. The number of hydrogen-bond acceptors (Lipinski definition) is 3. The smallest absolute Gasteiger partial charge is 0.326 e. The van der Waals surface area contributed by atoms with E-state index < -0.39 is 17.6 Å². The molecule has 144 valence electrons. The topological polar surface area (TPSA) is 75.4 Å². The number of hydrogen-bond donors (Lipinski definition) is 2. The molecule has 2 amide bonds. The van der Waals surface area contributed by atoms with Crippen LogP contribution in [0.25, 0.3) is 0 Å². The number of amides is 2. The third-order valence-corrected chi connectivity index (χ3v) is 3.93. The summed E-state index contributed by atoms with van der Waals surface area (Å²) in [6.07, 6.45) is -3.06. The summed E-state index contributed by atoms with van der Waals surface area (Å²) in [5.74, 6) is 4.86. The van der Waals surface area contributed by atoms with Gasteiger partial charge in [0, 0.05) is 6.92 Å². The van der Waals surface area contributed by atoms with Crippen LogP contribution in [0, 0.1) is 0 Å². The highest BCUT2D eigenvalue weighted by Crippen LogP contribution is 2.35. The molecule has 0 aliphatic carbocycles. The van der Waals surface area contributed by atoms with Gasteiger partial charge in [0.1, 0.15) is 0 Å². The molecular weight excluding hydrogens is 359 g/mol. The van der Waals surface area contributed by atoms with E-state index in [1.165, 1.54) is 6.07 Å². The summed E-state index contributed by atoms with van der Waals surface area (Å²) in [7, 11) is 0. The molecule has 0 aliphatic heterocycles. The van der Waals surface area contributed by atoms with E-state index in [0.29, 0.717) is 24.8 Å². The first kappa shape index (κ1) is 20.4. The number of carbonyl (C=O) groups excluding carboxylic acids is 2. The van der Waals surface area contributed by atoms with Gasteiger partial charge in [0.25, 0.3) is 0 Å². The molecule has 0 heterocycles. The zero-order valence-electron chi connectivity index (χ0n) is 14.7.